The lowest BCUT2D eigenvalue weighted by Gasteiger charge is -2.19. The van der Waals surface area contributed by atoms with Crippen molar-refractivity contribution in [1.29, 1.82) is 0 Å². The quantitative estimate of drug-likeness (QED) is 0.719. The highest BCUT2D eigenvalue weighted by atomic mass is 32.2. The van der Waals surface area contributed by atoms with Gasteiger partial charge in [-0.15, -0.1) is 0 Å². The molecule has 0 heterocycles. The molecule has 0 spiro atoms. The standard InChI is InChI=1S/C15H17FN2O4S2/c1-17-24(21,22)18-11-15(12-5-3-2-4-6-12)23(19,20)14-9-7-13(16)8-10-14/h2-10,15,17-18H,11H2,1H3. The normalized spacial score (nSPS) is 13.6. The van der Waals surface area contributed by atoms with Gasteiger partial charge in [0.2, 0.25) is 0 Å². The van der Waals surface area contributed by atoms with Crippen LogP contribution in [-0.2, 0) is 20.0 Å². The number of nitrogens with one attached hydrogen (secondary N) is 2. The van der Waals surface area contributed by atoms with Crippen molar-refractivity contribution in [3.05, 3.63) is 66.0 Å². The molecule has 130 valence electrons. The molecule has 0 bridgehead atoms. The van der Waals surface area contributed by atoms with Crippen LogP contribution in [0.3, 0.4) is 0 Å². The van der Waals surface area contributed by atoms with Crippen molar-refractivity contribution in [2.24, 2.45) is 0 Å². The van der Waals surface area contributed by atoms with Gasteiger partial charge in [0.05, 0.1) is 4.90 Å². The van der Waals surface area contributed by atoms with E-state index in [4.69, 9.17) is 0 Å². The molecule has 0 aliphatic heterocycles. The lowest BCUT2D eigenvalue weighted by atomic mass is 10.1. The van der Waals surface area contributed by atoms with Crippen LogP contribution in [-0.4, -0.2) is 30.4 Å². The van der Waals surface area contributed by atoms with E-state index >= 15 is 0 Å². The molecule has 0 aliphatic rings. The second-order valence-corrected chi connectivity index (χ2v) is 8.79. The zero-order chi connectivity index (χ0) is 17.8. The minimum atomic E-state index is -3.92. The van der Waals surface area contributed by atoms with Gasteiger partial charge in [0, 0.05) is 13.6 Å². The Kier molecular flexibility index (Phi) is 5.70. The zero-order valence-corrected chi connectivity index (χ0v) is 14.4. The van der Waals surface area contributed by atoms with Crippen LogP contribution in [0.2, 0.25) is 0 Å². The van der Waals surface area contributed by atoms with Crippen molar-refractivity contribution < 1.29 is 21.2 Å². The Morgan fingerprint density at radius 3 is 2.08 bits per heavy atom. The minimum absolute atomic E-state index is 0.0820. The van der Waals surface area contributed by atoms with Gasteiger partial charge in [-0.2, -0.15) is 8.42 Å². The third-order valence-electron chi connectivity index (χ3n) is 3.42. The highest BCUT2D eigenvalue weighted by molar-refractivity contribution is 7.92. The number of rotatable bonds is 7. The molecule has 24 heavy (non-hydrogen) atoms. The van der Waals surface area contributed by atoms with Crippen LogP contribution in [0.4, 0.5) is 4.39 Å². The maximum absolute atomic E-state index is 13.1. The molecule has 1 unspecified atom stereocenters. The van der Waals surface area contributed by atoms with Gasteiger partial charge in [-0.3, -0.25) is 0 Å². The molecule has 0 aromatic heterocycles. The number of halogens is 1. The topological polar surface area (TPSA) is 92.3 Å². The summed E-state index contributed by atoms with van der Waals surface area (Å²) in [6, 6.07) is 12.7. The SMILES string of the molecule is CNS(=O)(=O)NCC(c1ccccc1)S(=O)(=O)c1ccc(F)cc1. The third kappa shape index (κ3) is 4.38. The first-order valence-corrected chi connectivity index (χ1v) is 10.0. The fourth-order valence-corrected chi connectivity index (χ4v) is 4.42. The van der Waals surface area contributed by atoms with E-state index in [-0.39, 0.29) is 11.4 Å². The second kappa shape index (κ2) is 7.39. The van der Waals surface area contributed by atoms with Crippen LogP contribution in [0.25, 0.3) is 0 Å². The summed E-state index contributed by atoms with van der Waals surface area (Å²) in [5.41, 5.74) is 0.431. The van der Waals surface area contributed by atoms with Crippen LogP contribution < -0.4 is 9.44 Å². The fraction of sp³-hybridized carbons (Fsp3) is 0.200. The molecule has 0 saturated heterocycles. The van der Waals surface area contributed by atoms with Gasteiger partial charge in [-0.25, -0.2) is 22.3 Å². The number of sulfone groups is 1. The Morgan fingerprint density at radius 1 is 0.958 bits per heavy atom. The van der Waals surface area contributed by atoms with Crippen molar-refractivity contribution in [2.75, 3.05) is 13.6 Å². The predicted molar refractivity (Wildman–Crippen MR) is 88.8 cm³/mol. The number of hydrogen-bond acceptors (Lipinski definition) is 4. The van der Waals surface area contributed by atoms with E-state index < -0.39 is 31.1 Å². The summed E-state index contributed by atoms with van der Waals surface area (Å²) in [6.07, 6.45) is 0. The van der Waals surface area contributed by atoms with Crippen molar-refractivity contribution in [2.45, 2.75) is 10.1 Å². The summed E-state index contributed by atoms with van der Waals surface area (Å²) in [5, 5.41) is -1.15. The highest BCUT2D eigenvalue weighted by Crippen LogP contribution is 2.28. The molecule has 9 heteroatoms. The molecule has 2 rings (SSSR count). The Morgan fingerprint density at radius 2 is 1.54 bits per heavy atom. The Hall–Kier alpha value is -1.81. The van der Waals surface area contributed by atoms with Crippen molar-refractivity contribution in [3.63, 3.8) is 0 Å². The summed E-state index contributed by atoms with van der Waals surface area (Å²) < 4.78 is 66.2. The monoisotopic (exact) mass is 372 g/mol. The summed E-state index contributed by atoms with van der Waals surface area (Å²) in [6.45, 7) is -0.354. The molecule has 2 aromatic rings. The molecule has 2 N–H and O–H groups in total. The molecule has 1 atom stereocenters. The molecule has 0 fully saturated rings. The maximum Gasteiger partial charge on any atom is 0.276 e. The van der Waals surface area contributed by atoms with Gasteiger partial charge >= 0.3 is 0 Å². The lowest BCUT2D eigenvalue weighted by Crippen LogP contribution is -2.38. The van der Waals surface area contributed by atoms with Gasteiger partial charge < -0.3 is 0 Å². The molecule has 6 nitrogen and oxygen atoms in total. The van der Waals surface area contributed by atoms with Crippen LogP contribution in [0, 0.1) is 5.82 Å². The Balaban J connectivity index is 2.43. The van der Waals surface area contributed by atoms with E-state index in [0.29, 0.717) is 5.56 Å². The van der Waals surface area contributed by atoms with Crippen LogP contribution in [0.15, 0.2) is 59.5 Å². The summed E-state index contributed by atoms with van der Waals surface area (Å²) in [7, 11) is -6.50. The van der Waals surface area contributed by atoms with Gasteiger partial charge in [-0.05, 0) is 29.8 Å². The molecular weight excluding hydrogens is 355 g/mol. The predicted octanol–water partition coefficient (Wildman–Crippen LogP) is 1.39. The van der Waals surface area contributed by atoms with E-state index in [1.54, 1.807) is 30.3 Å². The first-order valence-electron chi connectivity index (χ1n) is 6.99. The van der Waals surface area contributed by atoms with Crippen LogP contribution in [0.5, 0.6) is 0 Å². The number of benzene rings is 2. The lowest BCUT2D eigenvalue weighted by molar-refractivity contribution is 0.563. The van der Waals surface area contributed by atoms with Crippen molar-refractivity contribution in [3.8, 4) is 0 Å². The van der Waals surface area contributed by atoms with E-state index in [9.17, 15) is 21.2 Å². The van der Waals surface area contributed by atoms with E-state index in [1.165, 1.54) is 7.05 Å². The largest absolute Gasteiger partial charge is 0.276 e. The Labute approximate surface area is 140 Å². The van der Waals surface area contributed by atoms with Gasteiger partial charge in [0.25, 0.3) is 10.2 Å². The van der Waals surface area contributed by atoms with Crippen LogP contribution >= 0.6 is 0 Å². The molecular formula is C15H17FN2O4S2. The minimum Gasteiger partial charge on any atom is -0.223 e. The second-order valence-electron chi connectivity index (χ2n) is 4.95. The first kappa shape index (κ1) is 18.5. The zero-order valence-electron chi connectivity index (χ0n) is 12.8. The van der Waals surface area contributed by atoms with E-state index in [1.807, 2.05) is 0 Å². The summed E-state index contributed by atoms with van der Waals surface area (Å²) in [4.78, 5) is -0.0820. The molecule has 0 radical (unpaired) electrons. The van der Waals surface area contributed by atoms with Gasteiger partial charge in [0.15, 0.2) is 9.84 Å². The smallest absolute Gasteiger partial charge is 0.223 e. The highest BCUT2D eigenvalue weighted by Gasteiger charge is 2.30. The Bertz CT molecular complexity index is 883. The van der Waals surface area contributed by atoms with E-state index in [0.717, 1.165) is 24.3 Å². The average molecular weight is 372 g/mol. The molecule has 2 aromatic carbocycles. The summed E-state index contributed by atoms with van der Waals surface area (Å²) in [5.74, 6) is -0.555. The van der Waals surface area contributed by atoms with Crippen LogP contribution in [0.1, 0.15) is 10.8 Å². The third-order valence-corrected chi connectivity index (χ3v) is 6.62. The molecule has 0 saturated carbocycles. The van der Waals surface area contributed by atoms with Crippen molar-refractivity contribution >= 4 is 20.0 Å². The average Bonchev–Trinajstić information content (AvgIpc) is 2.56. The fourth-order valence-electron chi connectivity index (χ4n) is 2.12. The van der Waals surface area contributed by atoms with E-state index in [2.05, 4.69) is 9.44 Å². The maximum atomic E-state index is 13.1. The van der Waals surface area contributed by atoms with Crippen molar-refractivity contribution in [1.82, 2.24) is 9.44 Å². The first-order chi connectivity index (χ1) is 11.3. The van der Waals surface area contributed by atoms with Gasteiger partial charge in [-0.1, -0.05) is 30.3 Å². The number of hydrogen-bond donors (Lipinski definition) is 2. The molecule has 0 amide bonds. The summed E-state index contributed by atoms with van der Waals surface area (Å²) >= 11 is 0. The molecule has 0 aliphatic carbocycles. The van der Waals surface area contributed by atoms with Gasteiger partial charge in [0.1, 0.15) is 11.1 Å².